The molecule has 0 atom stereocenters. The number of carbonyl (C=O) groups is 3. The molecule has 30 heavy (non-hydrogen) atoms. The zero-order valence-corrected chi connectivity index (χ0v) is 16.4. The summed E-state index contributed by atoms with van der Waals surface area (Å²) in [6.45, 7) is -0.315. The fourth-order valence-electron chi connectivity index (χ4n) is 3.00. The molecule has 1 aromatic heterocycles. The summed E-state index contributed by atoms with van der Waals surface area (Å²) in [5.74, 6) is 0.00622. The molecule has 1 saturated heterocycles. The minimum atomic E-state index is -0.537. The lowest BCUT2D eigenvalue weighted by molar-refractivity contribution is -0.122. The molecule has 2 aromatic carbocycles. The first-order valence-electron chi connectivity index (χ1n) is 9.00. The lowest BCUT2D eigenvalue weighted by atomic mass is 10.1. The van der Waals surface area contributed by atoms with Crippen LogP contribution in [-0.2, 0) is 4.79 Å². The van der Waals surface area contributed by atoms with E-state index in [2.05, 4.69) is 6.07 Å². The van der Waals surface area contributed by atoms with Crippen LogP contribution in [0.3, 0.4) is 0 Å². The molecule has 1 fully saturated rings. The van der Waals surface area contributed by atoms with Crippen LogP contribution in [0.2, 0.25) is 0 Å². The van der Waals surface area contributed by atoms with E-state index in [-0.39, 0.29) is 17.2 Å². The van der Waals surface area contributed by atoms with Gasteiger partial charge in [-0.15, -0.1) is 0 Å². The van der Waals surface area contributed by atoms with Crippen LogP contribution >= 0.6 is 11.8 Å². The zero-order chi connectivity index (χ0) is 21.1. The molecular weight excluding hydrogens is 400 g/mol. The Morgan fingerprint density at radius 1 is 1.03 bits per heavy atom. The molecule has 146 valence electrons. The van der Waals surface area contributed by atoms with Crippen molar-refractivity contribution in [3.8, 4) is 17.4 Å². The molecule has 0 unspecified atom stereocenters. The number of imide groups is 1. The third kappa shape index (κ3) is 3.81. The van der Waals surface area contributed by atoms with Crippen LogP contribution in [0.25, 0.3) is 17.4 Å². The van der Waals surface area contributed by atoms with Gasteiger partial charge in [0.05, 0.1) is 23.1 Å². The molecule has 0 saturated carbocycles. The van der Waals surface area contributed by atoms with Gasteiger partial charge in [-0.25, -0.2) is 0 Å². The fourth-order valence-corrected chi connectivity index (χ4v) is 3.81. The Hall–Kier alpha value is -3.89. The molecule has 0 N–H and O–H groups in total. The summed E-state index contributed by atoms with van der Waals surface area (Å²) in [6.07, 6.45) is 1.47. The molecule has 0 aliphatic carbocycles. The number of benzene rings is 2. The number of rotatable bonds is 5. The Morgan fingerprint density at radius 3 is 2.53 bits per heavy atom. The van der Waals surface area contributed by atoms with E-state index in [0.717, 1.165) is 16.7 Å². The molecule has 7 heteroatoms. The van der Waals surface area contributed by atoms with E-state index >= 15 is 0 Å². The lowest BCUT2D eigenvalue weighted by Gasteiger charge is -2.11. The largest absolute Gasteiger partial charge is 0.457 e. The fraction of sp³-hybridized carbons (Fsp3) is 0.0435. The van der Waals surface area contributed by atoms with Crippen LogP contribution in [0.5, 0.6) is 0 Å². The van der Waals surface area contributed by atoms with E-state index in [4.69, 9.17) is 4.42 Å². The second-order valence-electron chi connectivity index (χ2n) is 6.42. The number of hydrogen-bond acceptors (Lipinski definition) is 6. The number of furan rings is 1. The Balaban J connectivity index is 1.54. The van der Waals surface area contributed by atoms with Crippen molar-refractivity contribution >= 4 is 34.8 Å². The van der Waals surface area contributed by atoms with E-state index in [1.54, 1.807) is 66.7 Å². The van der Waals surface area contributed by atoms with Gasteiger partial charge in [0.15, 0.2) is 5.78 Å². The van der Waals surface area contributed by atoms with Crippen molar-refractivity contribution in [1.29, 1.82) is 5.26 Å². The summed E-state index contributed by atoms with van der Waals surface area (Å²) in [5.41, 5.74) is 1.55. The van der Waals surface area contributed by atoms with Crippen LogP contribution in [0.1, 0.15) is 21.7 Å². The second kappa shape index (κ2) is 8.23. The third-order valence-electron chi connectivity index (χ3n) is 4.48. The van der Waals surface area contributed by atoms with Gasteiger partial charge in [0.1, 0.15) is 11.5 Å². The van der Waals surface area contributed by atoms with Crippen LogP contribution in [0.4, 0.5) is 4.79 Å². The highest BCUT2D eigenvalue weighted by molar-refractivity contribution is 8.18. The molecule has 1 aliphatic heterocycles. The molecule has 3 aromatic rings. The monoisotopic (exact) mass is 414 g/mol. The average molecular weight is 414 g/mol. The molecule has 0 radical (unpaired) electrons. The van der Waals surface area contributed by atoms with Crippen LogP contribution in [0.15, 0.2) is 76.1 Å². The summed E-state index contributed by atoms with van der Waals surface area (Å²) in [4.78, 5) is 38.4. The highest BCUT2D eigenvalue weighted by atomic mass is 32.2. The van der Waals surface area contributed by atoms with Crippen molar-refractivity contribution in [3.05, 3.63) is 88.5 Å². The Morgan fingerprint density at radius 2 is 1.77 bits per heavy atom. The lowest BCUT2D eigenvalue weighted by Crippen LogP contribution is -2.33. The summed E-state index contributed by atoms with van der Waals surface area (Å²) in [5, 5.41) is 8.74. The Labute approximate surface area is 176 Å². The normalized spacial score (nSPS) is 14.9. The van der Waals surface area contributed by atoms with Gasteiger partial charge >= 0.3 is 0 Å². The zero-order valence-electron chi connectivity index (χ0n) is 15.6. The van der Waals surface area contributed by atoms with Gasteiger partial charge in [-0.1, -0.05) is 42.5 Å². The molecule has 0 bridgehead atoms. The first-order valence-corrected chi connectivity index (χ1v) is 9.81. The van der Waals surface area contributed by atoms with Crippen molar-refractivity contribution in [3.63, 3.8) is 0 Å². The molecule has 2 amide bonds. The average Bonchev–Trinajstić information content (AvgIpc) is 3.34. The standard InChI is InChI=1S/C23H14N2O4S/c24-13-16-8-4-5-9-18(16)20-11-10-17(29-20)12-21-22(27)25(23(28)30-21)14-19(26)15-6-2-1-3-7-15/h1-12H,14H2/b21-12+. The smallest absolute Gasteiger partial charge is 0.293 e. The predicted octanol–water partition coefficient (Wildman–Crippen LogP) is 4.74. The van der Waals surface area contributed by atoms with Gasteiger partial charge in [0.25, 0.3) is 11.1 Å². The number of carbonyl (C=O) groups excluding carboxylic acids is 3. The van der Waals surface area contributed by atoms with E-state index in [0.29, 0.717) is 28.2 Å². The van der Waals surface area contributed by atoms with Gasteiger partial charge in [-0.05, 0) is 36.0 Å². The molecule has 6 nitrogen and oxygen atoms in total. The molecular formula is C23H14N2O4S. The summed E-state index contributed by atoms with van der Waals surface area (Å²) < 4.78 is 5.75. The van der Waals surface area contributed by atoms with Gasteiger partial charge in [0, 0.05) is 17.2 Å². The van der Waals surface area contributed by atoms with Gasteiger partial charge in [0.2, 0.25) is 0 Å². The SMILES string of the molecule is N#Cc1ccccc1-c1ccc(/C=C2/SC(=O)N(CC(=O)c3ccccc3)C2=O)o1. The minimum absolute atomic E-state index is 0.176. The maximum absolute atomic E-state index is 12.6. The Bertz CT molecular complexity index is 1220. The van der Waals surface area contributed by atoms with Crippen molar-refractivity contribution in [2.45, 2.75) is 0 Å². The van der Waals surface area contributed by atoms with Crippen LogP contribution in [-0.4, -0.2) is 28.4 Å². The summed E-state index contributed by atoms with van der Waals surface area (Å²) in [6, 6.07) is 21.0. The van der Waals surface area contributed by atoms with E-state index in [1.165, 1.54) is 6.08 Å². The van der Waals surface area contributed by atoms with Crippen molar-refractivity contribution < 1.29 is 18.8 Å². The Kier molecular flexibility index (Phi) is 5.33. The highest BCUT2D eigenvalue weighted by Crippen LogP contribution is 2.33. The quantitative estimate of drug-likeness (QED) is 0.442. The first-order chi connectivity index (χ1) is 14.6. The predicted molar refractivity (Wildman–Crippen MR) is 112 cm³/mol. The number of ketones is 1. The molecule has 1 aliphatic rings. The van der Waals surface area contributed by atoms with Crippen LogP contribution < -0.4 is 0 Å². The van der Waals surface area contributed by atoms with Crippen molar-refractivity contribution in [2.24, 2.45) is 0 Å². The minimum Gasteiger partial charge on any atom is -0.457 e. The van der Waals surface area contributed by atoms with Gasteiger partial charge in [-0.3, -0.25) is 19.3 Å². The van der Waals surface area contributed by atoms with Crippen molar-refractivity contribution in [1.82, 2.24) is 4.90 Å². The number of amides is 2. The van der Waals surface area contributed by atoms with Gasteiger partial charge in [-0.2, -0.15) is 5.26 Å². The number of nitrogens with zero attached hydrogens (tertiary/aromatic N) is 2. The van der Waals surface area contributed by atoms with Crippen LogP contribution in [0, 0.1) is 11.3 Å². The number of Topliss-reactive ketones (excluding diaryl/α,β-unsaturated/α-hetero) is 1. The maximum atomic E-state index is 12.6. The maximum Gasteiger partial charge on any atom is 0.293 e. The summed E-state index contributed by atoms with van der Waals surface area (Å²) >= 11 is 0.761. The molecule has 2 heterocycles. The highest BCUT2D eigenvalue weighted by Gasteiger charge is 2.36. The number of hydrogen-bond donors (Lipinski definition) is 0. The number of nitriles is 1. The molecule has 4 rings (SSSR count). The topological polar surface area (TPSA) is 91.4 Å². The van der Waals surface area contributed by atoms with Gasteiger partial charge < -0.3 is 4.42 Å². The van der Waals surface area contributed by atoms with Crippen molar-refractivity contribution in [2.75, 3.05) is 6.54 Å². The second-order valence-corrected chi connectivity index (χ2v) is 7.41. The summed E-state index contributed by atoms with van der Waals surface area (Å²) in [7, 11) is 0. The first kappa shape index (κ1) is 19.4. The number of thioether (sulfide) groups is 1. The third-order valence-corrected chi connectivity index (χ3v) is 5.39. The van der Waals surface area contributed by atoms with E-state index in [1.807, 2.05) is 0 Å². The van der Waals surface area contributed by atoms with E-state index < -0.39 is 11.1 Å². The van der Waals surface area contributed by atoms with E-state index in [9.17, 15) is 19.6 Å². The molecule has 0 spiro atoms.